The first kappa shape index (κ1) is 20.6. The molecule has 2 amide bonds. The fraction of sp³-hybridized carbons (Fsp3) is 0.636. The molecule has 1 aromatic rings. The van der Waals surface area contributed by atoms with E-state index in [9.17, 15) is 14.7 Å². The number of amides is 2. The molecule has 1 spiro atoms. The Morgan fingerprint density at radius 3 is 2.36 bits per heavy atom. The van der Waals surface area contributed by atoms with Gasteiger partial charge in [0.15, 0.2) is 0 Å². The van der Waals surface area contributed by atoms with Gasteiger partial charge in [-0.05, 0) is 51.2 Å². The number of benzene rings is 1. The van der Waals surface area contributed by atoms with Crippen LogP contribution in [0.15, 0.2) is 24.3 Å². The smallest absolute Gasteiger partial charge is 0.407 e. The highest BCUT2D eigenvalue weighted by Crippen LogP contribution is 2.43. The van der Waals surface area contributed by atoms with Crippen molar-refractivity contribution in [3.05, 3.63) is 35.4 Å². The summed E-state index contributed by atoms with van der Waals surface area (Å²) in [7, 11) is 0. The molecule has 0 bridgehead atoms. The third-order valence-electron chi connectivity index (χ3n) is 6.38. The van der Waals surface area contributed by atoms with E-state index in [0.717, 1.165) is 45.4 Å². The molecule has 3 rings (SSSR count). The van der Waals surface area contributed by atoms with Crippen molar-refractivity contribution in [2.45, 2.75) is 58.0 Å². The number of rotatable bonds is 3. The molecule has 6 nitrogen and oxygen atoms in total. The summed E-state index contributed by atoms with van der Waals surface area (Å²) in [5.74, 6) is 0.146. The third-order valence-corrected chi connectivity index (χ3v) is 6.38. The van der Waals surface area contributed by atoms with Crippen molar-refractivity contribution >= 4 is 12.0 Å². The van der Waals surface area contributed by atoms with Crippen molar-refractivity contribution in [2.24, 2.45) is 0 Å². The molecular formula is C22H33N3O3. The maximum atomic E-state index is 12.4. The molecule has 0 saturated carbocycles. The van der Waals surface area contributed by atoms with Gasteiger partial charge in [0.1, 0.15) is 0 Å². The molecule has 0 atom stereocenters. The van der Waals surface area contributed by atoms with E-state index in [4.69, 9.17) is 0 Å². The summed E-state index contributed by atoms with van der Waals surface area (Å²) in [4.78, 5) is 29.9. The van der Waals surface area contributed by atoms with Crippen LogP contribution in [0.25, 0.3) is 0 Å². The Hall–Kier alpha value is -2.08. The van der Waals surface area contributed by atoms with Gasteiger partial charge >= 0.3 is 6.09 Å². The maximum absolute atomic E-state index is 12.4. The average molecular weight is 388 g/mol. The highest BCUT2D eigenvalue weighted by atomic mass is 16.4. The summed E-state index contributed by atoms with van der Waals surface area (Å²) in [6.45, 7) is 11.2. The van der Waals surface area contributed by atoms with Gasteiger partial charge in [-0.3, -0.25) is 4.79 Å². The first-order valence-corrected chi connectivity index (χ1v) is 10.2. The molecule has 1 saturated heterocycles. The molecule has 0 aromatic heterocycles. The normalized spacial score (nSPS) is 19.4. The summed E-state index contributed by atoms with van der Waals surface area (Å²) in [6.07, 6.45) is 1.84. The lowest BCUT2D eigenvalue weighted by atomic mass is 9.74. The fourth-order valence-corrected chi connectivity index (χ4v) is 4.89. The van der Waals surface area contributed by atoms with Crippen LogP contribution in [0, 0.1) is 0 Å². The molecule has 28 heavy (non-hydrogen) atoms. The maximum Gasteiger partial charge on any atom is 0.407 e. The second kappa shape index (κ2) is 7.74. The van der Waals surface area contributed by atoms with Crippen molar-refractivity contribution in [1.82, 2.24) is 14.7 Å². The Morgan fingerprint density at radius 2 is 1.79 bits per heavy atom. The van der Waals surface area contributed by atoms with Crippen LogP contribution in [0.2, 0.25) is 0 Å². The lowest BCUT2D eigenvalue weighted by Crippen LogP contribution is -2.58. The lowest BCUT2D eigenvalue weighted by Gasteiger charge is -2.52. The van der Waals surface area contributed by atoms with Gasteiger partial charge in [0, 0.05) is 45.2 Å². The Balaban J connectivity index is 1.72. The average Bonchev–Trinajstić information content (AvgIpc) is 2.62. The quantitative estimate of drug-likeness (QED) is 0.865. The highest BCUT2D eigenvalue weighted by Gasteiger charge is 2.45. The van der Waals surface area contributed by atoms with Crippen LogP contribution in [0.5, 0.6) is 0 Å². The Labute approximate surface area is 168 Å². The standard InChI is InChI=1S/C22H33N3O3/c1-17(26)24-12-9-18-7-5-6-8-19(18)22(24)10-13-23(14-11-22)15-16-25(20(27)28)21(2,3)4/h5-8H,9-16H2,1-4H3,(H,27,28). The second-order valence-corrected chi connectivity index (χ2v) is 9.06. The first-order valence-electron chi connectivity index (χ1n) is 10.2. The Kier molecular flexibility index (Phi) is 5.71. The number of hydrogen-bond donors (Lipinski definition) is 1. The number of nitrogens with zero attached hydrogens (tertiary/aromatic N) is 3. The molecule has 2 aliphatic heterocycles. The van der Waals surface area contributed by atoms with Crippen molar-refractivity contribution in [2.75, 3.05) is 32.7 Å². The van der Waals surface area contributed by atoms with Gasteiger partial charge in [0.2, 0.25) is 5.91 Å². The van der Waals surface area contributed by atoms with Crippen LogP contribution in [0.4, 0.5) is 4.79 Å². The van der Waals surface area contributed by atoms with Gasteiger partial charge < -0.3 is 19.8 Å². The van der Waals surface area contributed by atoms with Crippen molar-refractivity contribution in [1.29, 1.82) is 0 Å². The SMILES string of the molecule is CC(=O)N1CCc2ccccc2C12CCN(CCN(C(=O)O)C(C)(C)C)CC2. The molecule has 1 fully saturated rings. The number of carbonyl (C=O) groups excluding carboxylic acids is 1. The minimum Gasteiger partial charge on any atom is -0.465 e. The summed E-state index contributed by atoms with van der Waals surface area (Å²) >= 11 is 0. The minimum atomic E-state index is -0.870. The van der Waals surface area contributed by atoms with Crippen LogP contribution in [-0.2, 0) is 16.8 Å². The molecule has 154 valence electrons. The molecule has 1 aromatic carbocycles. The monoisotopic (exact) mass is 387 g/mol. The van der Waals surface area contributed by atoms with Gasteiger partial charge in [0.05, 0.1) is 5.54 Å². The number of fused-ring (bicyclic) bond motifs is 2. The Bertz CT molecular complexity index is 733. The number of hydrogen-bond acceptors (Lipinski definition) is 3. The van der Waals surface area contributed by atoms with E-state index in [0.29, 0.717) is 6.54 Å². The molecule has 0 unspecified atom stereocenters. The predicted molar refractivity (Wildman–Crippen MR) is 109 cm³/mol. The fourth-order valence-electron chi connectivity index (χ4n) is 4.89. The van der Waals surface area contributed by atoms with Gasteiger partial charge in [-0.25, -0.2) is 4.79 Å². The molecule has 1 N–H and O–H groups in total. The van der Waals surface area contributed by atoms with Crippen LogP contribution in [0.3, 0.4) is 0 Å². The predicted octanol–water partition coefficient (Wildman–Crippen LogP) is 3.16. The number of carboxylic acid groups (broad SMARTS) is 1. The van der Waals surface area contributed by atoms with E-state index in [2.05, 4.69) is 34.1 Å². The van der Waals surface area contributed by atoms with Crippen LogP contribution in [0.1, 0.15) is 51.7 Å². The lowest BCUT2D eigenvalue weighted by molar-refractivity contribution is -0.139. The number of likely N-dealkylation sites (tertiary alicyclic amines) is 1. The van der Waals surface area contributed by atoms with E-state index >= 15 is 0 Å². The summed E-state index contributed by atoms with van der Waals surface area (Å²) in [5.41, 5.74) is 2.04. The van der Waals surface area contributed by atoms with Gasteiger partial charge in [0.25, 0.3) is 0 Å². The largest absolute Gasteiger partial charge is 0.465 e. The van der Waals surface area contributed by atoms with E-state index in [1.807, 2.05) is 20.8 Å². The molecule has 2 aliphatic rings. The number of piperidine rings is 1. The zero-order valence-corrected chi connectivity index (χ0v) is 17.6. The molecule has 0 aliphatic carbocycles. The topological polar surface area (TPSA) is 64.1 Å². The molecule has 2 heterocycles. The summed E-state index contributed by atoms with van der Waals surface area (Å²) in [6, 6.07) is 8.53. The minimum absolute atomic E-state index is 0.146. The summed E-state index contributed by atoms with van der Waals surface area (Å²) in [5, 5.41) is 9.51. The Morgan fingerprint density at radius 1 is 1.14 bits per heavy atom. The summed E-state index contributed by atoms with van der Waals surface area (Å²) < 4.78 is 0. The van der Waals surface area contributed by atoms with Crippen molar-refractivity contribution in [3.63, 3.8) is 0 Å². The zero-order valence-electron chi connectivity index (χ0n) is 17.6. The van der Waals surface area contributed by atoms with Gasteiger partial charge in [-0.15, -0.1) is 0 Å². The van der Waals surface area contributed by atoms with Gasteiger partial charge in [-0.2, -0.15) is 0 Å². The first-order chi connectivity index (χ1) is 13.1. The van der Waals surface area contributed by atoms with Crippen LogP contribution in [-0.4, -0.2) is 70.1 Å². The van der Waals surface area contributed by atoms with Crippen LogP contribution < -0.4 is 0 Å². The van der Waals surface area contributed by atoms with E-state index in [-0.39, 0.29) is 11.4 Å². The van der Waals surface area contributed by atoms with Crippen molar-refractivity contribution in [3.8, 4) is 0 Å². The van der Waals surface area contributed by atoms with E-state index in [1.165, 1.54) is 16.0 Å². The van der Waals surface area contributed by atoms with Crippen LogP contribution >= 0.6 is 0 Å². The molecular weight excluding hydrogens is 354 g/mol. The second-order valence-electron chi connectivity index (χ2n) is 9.06. The van der Waals surface area contributed by atoms with E-state index < -0.39 is 11.6 Å². The molecule has 0 radical (unpaired) electrons. The third kappa shape index (κ3) is 3.88. The molecule has 6 heteroatoms. The van der Waals surface area contributed by atoms with Gasteiger partial charge in [-0.1, -0.05) is 24.3 Å². The number of carbonyl (C=O) groups is 2. The zero-order chi connectivity index (χ0) is 20.5. The van der Waals surface area contributed by atoms with Crippen molar-refractivity contribution < 1.29 is 14.7 Å². The van der Waals surface area contributed by atoms with E-state index in [1.54, 1.807) is 6.92 Å². The highest BCUT2D eigenvalue weighted by molar-refractivity contribution is 5.75.